The highest BCUT2D eigenvalue weighted by atomic mass is 19.3. The van der Waals surface area contributed by atoms with E-state index in [1.807, 2.05) is 18.3 Å². The van der Waals surface area contributed by atoms with Crippen molar-refractivity contribution in [3.8, 4) is 16.9 Å². The van der Waals surface area contributed by atoms with Gasteiger partial charge in [0.1, 0.15) is 11.4 Å². The second-order valence-corrected chi connectivity index (χ2v) is 9.99. The highest BCUT2D eigenvalue weighted by Gasteiger charge is 2.46. The lowest BCUT2D eigenvalue weighted by Gasteiger charge is -2.23. The van der Waals surface area contributed by atoms with Crippen LogP contribution in [0.1, 0.15) is 57.8 Å². The van der Waals surface area contributed by atoms with Gasteiger partial charge in [-0.1, -0.05) is 6.07 Å². The quantitative estimate of drug-likeness (QED) is 0.439. The Morgan fingerprint density at radius 1 is 1.18 bits per heavy atom. The van der Waals surface area contributed by atoms with Crippen molar-refractivity contribution in [2.45, 2.75) is 37.0 Å². The molecule has 3 atom stereocenters. The average Bonchev–Trinajstić information content (AvgIpc) is 3.60. The third-order valence-electron chi connectivity index (χ3n) is 7.88. The van der Waals surface area contributed by atoms with Gasteiger partial charge in [-0.25, -0.2) is 14.5 Å². The molecule has 0 unspecified atom stereocenters. The summed E-state index contributed by atoms with van der Waals surface area (Å²) in [5.74, 6) is -0.268. The number of amides is 1. The van der Waals surface area contributed by atoms with Gasteiger partial charge in [-0.15, -0.1) is 0 Å². The normalized spacial score (nSPS) is 24.1. The van der Waals surface area contributed by atoms with Crippen molar-refractivity contribution in [2.24, 2.45) is 0 Å². The van der Waals surface area contributed by atoms with E-state index in [-0.39, 0.29) is 30.2 Å². The summed E-state index contributed by atoms with van der Waals surface area (Å²) in [5.41, 5.74) is 3.66. The number of alkyl halides is 2. The Bertz CT molecular complexity index is 1580. The lowest BCUT2D eigenvalue weighted by Crippen LogP contribution is -2.30. The number of aliphatic hydroxyl groups is 1. The number of benzene rings is 1. The molecule has 1 N–H and O–H groups in total. The van der Waals surface area contributed by atoms with E-state index in [4.69, 9.17) is 14.6 Å². The molecule has 3 aromatic heterocycles. The Hall–Kier alpha value is -3.96. The lowest BCUT2D eigenvalue weighted by molar-refractivity contribution is -0.0505. The highest BCUT2D eigenvalue weighted by molar-refractivity contribution is 5.98. The fourth-order valence-electron chi connectivity index (χ4n) is 5.99. The molecular formula is C27H23F2N5O4. The molecule has 9 nitrogen and oxygen atoms in total. The molecule has 0 spiro atoms. The number of nitrogens with zero attached hydrogens (tertiary/aromatic N) is 5. The molecule has 5 heterocycles. The summed E-state index contributed by atoms with van der Waals surface area (Å²) in [5, 5.41) is 15.5. The molecule has 7 rings (SSSR count). The molecule has 0 radical (unpaired) electrons. The Kier molecular flexibility index (Phi) is 5.04. The van der Waals surface area contributed by atoms with Crippen LogP contribution in [0.2, 0.25) is 0 Å². The van der Waals surface area contributed by atoms with Crippen LogP contribution in [0.5, 0.6) is 5.75 Å². The van der Waals surface area contributed by atoms with E-state index in [0.29, 0.717) is 36.4 Å². The van der Waals surface area contributed by atoms with Gasteiger partial charge in [0.05, 0.1) is 30.5 Å². The molecule has 1 amide bonds. The predicted octanol–water partition coefficient (Wildman–Crippen LogP) is 3.66. The molecule has 1 aliphatic carbocycles. The average molecular weight is 520 g/mol. The Balaban J connectivity index is 1.35. The smallest absolute Gasteiger partial charge is 0.387 e. The summed E-state index contributed by atoms with van der Waals surface area (Å²) in [6.45, 7) is -2.39. The molecule has 2 aliphatic heterocycles. The van der Waals surface area contributed by atoms with Crippen LogP contribution in [0.3, 0.4) is 0 Å². The second kappa shape index (κ2) is 8.27. The third kappa shape index (κ3) is 3.35. The SMILES string of the molecule is CN1C(=O)c2cccc(OC(F)F)c2[C@H]2C[C@@H]1c1nn3ccc(-c4cnc([C@]5(O)CCOC5)nc4)cc3c12. The van der Waals surface area contributed by atoms with Gasteiger partial charge >= 0.3 is 6.61 Å². The van der Waals surface area contributed by atoms with Crippen molar-refractivity contribution < 1.29 is 28.2 Å². The minimum atomic E-state index is -3.01. The zero-order valence-corrected chi connectivity index (χ0v) is 20.3. The number of ether oxygens (including phenoxy) is 2. The monoisotopic (exact) mass is 519 g/mol. The Morgan fingerprint density at radius 3 is 2.74 bits per heavy atom. The molecule has 38 heavy (non-hydrogen) atoms. The van der Waals surface area contributed by atoms with Crippen LogP contribution in [0.25, 0.3) is 16.6 Å². The van der Waals surface area contributed by atoms with Gasteiger partial charge in [0, 0.05) is 60.2 Å². The van der Waals surface area contributed by atoms with Crippen molar-refractivity contribution in [3.63, 3.8) is 0 Å². The summed E-state index contributed by atoms with van der Waals surface area (Å²) < 4.78 is 38.6. The minimum absolute atomic E-state index is 0.00562. The van der Waals surface area contributed by atoms with Gasteiger partial charge in [0.25, 0.3) is 5.91 Å². The van der Waals surface area contributed by atoms with Gasteiger partial charge in [0.15, 0.2) is 5.82 Å². The van der Waals surface area contributed by atoms with Crippen LogP contribution in [0, 0.1) is 0 Å². The molecule has 1 aromatic carbocycles. The number of fused-ring (bicyclic) bond motifs is 9. The second-order valence-electron chi connectivity index (χ2n) is 9.99. The van der Waals surface area contributed by atoms with Crippen molar-refractivity contribution >= 4 is 11.4 Å². The first-order valence-electron chi connectivity index (χ1n) is 12.3. The van der Waals surface area contributed by atoms with E-state index in [0.717, 1.165) is 27.9 Å². The first-order valence-corrected chi connectivity index (χ1v) is 12.3. The van der Waals surface area contributed by atoms with E-state index < -0.39 is 12.2 Å². The Labute approximate surface area is 215 Å². The molecule has 0 saturated carbocycles. The molecule has 2 bridgehead atoms. The zero-order chi connectivity index (χ0) is 26.2. The minimum Gasteiger partial charge on any atom is -0.434 e. The maximum absolute atomic E-state index is 13.3. The first-order chi connectivity index (χ1) is 18.3. The number of carbonyl (C=O) groups excluding carboxylic acids is 1. The standard InChI is InChI=1S/C27H23F2N5O4/c1-33-19-10-17(21-16(24(33)35)3-2-4-20(21)38-26(28)29)22-18-9-14(5-7-34(18)32-23(19)22)15-11-30-25(31-12-15)27(36)6-8-37-13-27/h2-5,7,9,11-12,17,19,26,36H,6,8,10,13H2,1H3/t17-,19-,27+/m1/s1. The molecule has 4 aromatic rings. The van der Waals surface area contributed by atoms with Crippen LogP contribution in [0.4, 0.5) is 8.78 Å². The largest absolute Gasteiger partial charge is 0.434 e. The molecule has 194 valence electrons. The lowest BCUT2D eigenvalue weighted by atomic mass is 9.88. The number of hydrogen-bond acceptors (Lipinski definition) is 7. The van der Waals surface area contributed by atoms with Gasteiger partial charge in [-0.2, -0.15) is 13.9 Å². The van der Waals surface area contributed by atoms with Gasteiger partial charge < -0.3 is 19.5 Å². The van der Waals surface area contributed by atoms with E-state index >= 15 is 0 Å². The zero-order valence-electron chi connectivity index (χ0n) is 20.3. The number of hydrogen-bond donors (Lipinski definition) is 1. The van der Waals surface area contributed by atoms with Crippen molar-refractivity contribution in [3.05, 3.63) is 77.1 Å². The van der Waals surface area contributed by atoms with Crippen molar-refractivity contribution in [2.75, 3.05) is 20.3 Å². The summed E-state index contributed by atoms with van der Waals surface area (Å²) in [6, 6.07) is 8.26. The molecule has 3 aliphatic rings. The van der Waals surface area contributed by atoms with Gasteiger partial charge in [-0.05, 0) is 36.2 Å². The number of pyridine rings is 1. The van der Waals surface area contributed by atoms with Crippen molar-refractivity contribution in [1.29, 1.82) is 0 Å². The Morgan fingerprint density at radius 2 is 2.00 bits per heavy atom. The number of carbonyl (C=O) groups is 1. The molecule has 11 heteroatoms. The summed E-state index contributed by atoms with van der Waals surface area (Å²) in [7, 11) is 1.71. The third-order valence-corrected chi connectivity index (χ3v) is 7.88. The van der Waals surface area contributed by atoms with E-state index in [1.165, 1.54) is 6.07 Å². The number of halogens is 2. The first kappa shape index (κ1) is 23.2. The van der Waals surface area contributed by atoms with Crippen molar-refractivity contribution in [1.82, 2.24) is 24.5 Å². The van der Waals surface area contributed by atoms with Crippen LogP contribution >= 0.6 is 0 Å². The summed E-state index contributed by atoms with van der Waals surface area (Å²) in [6.07, 6.45) is 6.13. The van der Waals surface area contributed by atoms with E-state index in [1.54, 1.807) is 41.0 Å². The molecule has 1 fully saturated rings. The van der Waals surface area contributed by atoms with Crippen LogP contribution in [0.15, 0.2) is 48.9 Å². The van der Waals surface area contributed by atoms with Crippen LogP contribution < -0.4 is 4.74 Å². The predicted molar refractivity (Wildman–Crippen MR) is 130 cm³/mol. The number of aromatic nitrogens is 4. The van der Waals surface area contributed by atoms with Gasteiger partial charge in [-0.3, -0.25) is 4.79 Å². The summed E-state index contributed by atoms with van der Waals surface area (Å²) >= 11 is 0. The van der Waals surface area contributed by atoms with Crippen LogP contribution in [-0.2, 0) is 10.3 Å². The van der Waals surface area contributed by atoms with E-state index in [9.17, 15) is 18.7 Å². The molecular weight excluding hydrogens is 496 g/mol. The maximum atomic E-state index is 13.3. The van der Waals surface area contributed by atoms with Gasteiger partial charge in [0.2, 0.25) is 0 Å². The highest BCUT2D eigenvalue weighted by Crippen LogP contribution is 2.53. The van der Waals surface area contributed by atoms with E-state index in [2.05, 4.69) is 9.97 Å². The van der Waals surface area contributed by atoms with Crippen LogP contribution in [-0.4, -0.2) is 62.4 Å². The number of rotatable bonds is 4. The molecule has 1 saturated heterocycles. The topological polar surface area (TPSA) is 102 Å². The fourth-order valence-corrected chi connectivity index (χ4v) is 5.99. The summed E-state index contributed by atoms with van der Waals surface area (Å²) in [4.78, 5) is 23.7. The maximum Gasteiger partial charge on any atom is 0.387 e. The fraction of sp³-hybridized carbons (Fsp3) is 0.333.